The summed E-state index contributed by atoms with van der Waals surface area (Å²) < 4.78 is 6.11. The lowest BCUT2D eigenvalue weighted by Gasteiger charge is -2.62. The van der Waals surface area contributed by atoms with Crippen molar-refractivity contribution in [2.45, 2.75) is 207 Å². The largest absolute Gasteiger partial charge is 0.481 e. The van der Waals surface area contributed by atoms with E-state index in [2.05, 4.69) is 64.2 Å². The third-order valence-corrected chi connectivity index (χ3v) is 15.1. The first kappa shape index (κ1) is 43.8. The first-order valence-corrected chi connectivity index (χ1v) is 22.7. The van der Waals surface area contributed by atoms with E-state index in [1.165, 1.54) is 83.5 Å². The SMILES string of the molecule is CCCCCCC/C=C\C/C=C\C/C=C\CCCCCCCCC(=O)OC1CCC2(C)C(CCC3C2CC(O)C2(C)C(C(C)CCC(=O)O)CCC32)C1. The van der Waals surface area contributed by atoms with Crippen molar-refractivity contribution in [3.05, 3.63) is 36.5 Å². The Morgan fingerprint density at radius 1 is 0.736 bits per heavy atom. The van der Waals surface area contributed by atoms with Crippen LogP contribution in [0.4, 0.5) is 0 Å². The van der Waals surface area contributed by atoms with Crippen LogP contribution in [0.3, 0.4) is 0 Å². The van der Waals surface area contributed by atoms with Crippen molar-refractivity contribution >= 4 is 11.9 Å². The standard InChI is InChI=1S/C48H80O5/c1-5-6-7-8-9-10-11-12-13-14-15-16-17-18-19-20-21-22-23-24-25-26-46(52)53-39-33-34-47(3)38(35-39)28-29-40-42-31-30-41(37(2)27-32-45(50)51)48(42,4)44(49)36-43(40)47/h11-12,14-15,17-18,37-44,49H,5-10,13,16,19-36H2,1-4H3,(H,50,51)/b12-11-,15-14-,18-17-. The van der Waals surface area contributed by atoms with E-state index in [1.807, 2.05) is 0 Å². The highest BCUT2D eigenvalue weighted by molar-refractivity contribution is 5.69. The Morgan fingerprint density at radius 3 is 2.02 bits per heavy atom. The average molecular weight is 737 g/mol. The summed E-state index contributed by atoms with van der Waals surface area (Å²) >= 11 is 0. The molecule has 4 aliphatic carbocycles. The molecular weight excluding hydrogens is 657 g/mol. The minimum Gasteiger partial charge on any atom is -0.481 e. The van der Waals surface area contributed by atoms with E-state index in [0.29, 0.717) is 48.3 Å². The molecule has 53 heavy (non-hydrogen) atoms. The number of aliphatic hydroxyl groups is 1. The number of esters is 1. The van der Waals surface area contributed by atoms with Gasteiger partial charge in [-0.2, -0.15) is 0 Å². The van der Waals surface area contributed by atoms with E-state index in [0.717, 1.165) is 64.2 Å². The molecule has 0 amide bonds. The van der Waals surface area contributed by atoms with Gasteiger partial charge >= 0.3 is 11.9 Å². The number of unbranched alkanes of at least 4 members (excludes halogenated alkanes) is 11. The number of hydrogen-bond acceptors (Lipinski definition) is 4. The lowest BCUT2D eigenvalue weighted by Crippen LogP contribution is -2.59. The molecule has 0 aromatic rings. The number of aliphatic hydroxyl groups excluding tert-OH is 1. The van der Waals surface area contributed by atoms with Crippen LogP contribution >= 0.6 is 0 Å². The lowest BCUT2D eigenvalue weighted by atomic mass is 9.43. The van der Waals surface area contributed by atoms with Gasteiger partial charge in [0.1, 0.15) is 6.10 Å². The molecule has 5 nitrogen and oxygen atoms in total. The fourth-order valence-electron chi connectivity index (χ4n) is 11.9. The van der Waals surface area contributed by atoms with Crippen LogP contribution < -0.4 is 0 Å². The Bertz CT molecular complexity index is 1170. The van der Waals surface area contributed by atoms with Crippen molar-refractivity contribution in [2.24, 2.45) is 46.3 Å². The van der Waals surface area contributed by atoms with Gasteiger partial charge in [-0.15, -0.1) is 0 Å². The predicted octanol–water partition coefficient (Wildman–Crippen LogP) is 13.0. The maximum Gasteiger partial charge on any atom is 0.306 e. The quantitative estimate of drug-likeness (QED) is 0.0585. The zero-order chi connectivity index (χ0) is 38.1. The van der Waals surface area contributed by atoms with Crippen LogP contribution in [-0.2, 0) is 14.3 Å². The van der Waals surface area contributed by atoms with Crippen molar-refractivity contribution in [1.29, 1.82) is 0 Å². The first-order chi connectivity index (χ1) is 25.6. The van der Waals surface area contributed by atoms with Gasteiger partial charge in [0.25, 0.3) is 0 Å². The molecule has 4 aliphatic rings. The second-order valence-electron chi connectivity index (χ2n) is 18.5. The molecule has 10 unspecified atom stereocenters. The third kappa shape index (κ3) is 12.6. The molecule has 5 heteroatoms. The fourth-order valence-corrected chi connectivity index (χ4v) is 11.9. The number of carbonyl (C=O) groups excluding carboxylic acids is 1. The van der Waals surface area contributed by atoms with Gasteiger partial charge in [-0.25, -0.2) is 0 Å². The number of ether oxygens (including phenoxy) is 1. The van der Waals surface area contributed by atoms with Crippen molar-refractivity contribution in [1.82, 2.24) is 0 Å². The first-order valence-electron chi connectivity index (χ1n) is 22.7. The molecule has 4 fully saturated rings. The predicted molar refractivity (Wildman–Crippen MR) is 219 cm³/mol. The van der Waals surface area contributed by atoms with Gasteiger partial charge in [-0.1, -0.05) is 116 Å². The maximum atomic E-state index is 12.8. The Balaban J connectivity index is 1.04. The molecule has 0 aromatic heterocycles. The monoisotopic (exact) mass is 737 g/mol. The number of aliphatic carboxylic acids is 1. The third-order valence-electron chi connectivity index (χ3n) is 15.1. The second-order valence-corrected chi connectivity index (χ2v) is 18.5. The van der Waals surface area contributed by atoms with E-state index in [4.69, 9.17) is 4.74 Å². The smallest absolute Gasteiger partial charge is 0.306 e. The van der Waals surface area contributed by atoms with Gasteiger partial charge in [0.05, 0.1) is 6.10 Å². The molecule has 2 N–H and O–H groups in total. The fraction of sp³-hybridized carbons (Fsp3) is 0.833. The highest BCUT2D eigenvalue weighted by Gasteiger charge is 2.63. The Hall–Kier alpha value is -1.88. The van der Waals surface area contributed by atoms with Crippen LogP contribution in [0.1, 0.15) is 195 Å². The van der Waals surface area contributed by atoms with Gasteiger partial charge < -0.3 is 14.9 Å². The highest BCUT2D eigenvalue weighted by atomic mass is 16.5. The molecule has 0 heterocycles. The average Bonchev–Trinajstić information content (AvgIpc) is 3.50. The summed E-state index contributed by atoms with van der Waals surface area (Å²) in [5.41, 5.74) is 0.104. The Labute approximate surface area is 325 Å². The van der Waals surface area contributed by atoms with E-state index in [-0.39, 0.29) is 35.4 Å². The minimum atomic E-state index is -0.713. The zero-order valence-corrected chi connectivity index (χ0v) is 34.6. The molecule has 0 saturated heterocycles. The molecular formula is C48H80O5. The van der Waals surface area contributed by atoms with Crippen LogP contribution in [0.25, 0.3) is 0 Å². The summed E-state index contributed by atoms with van der Waals surface area (Å²) in [4.78, 5) is 24.1. The molecule has 0 aliphatic heterocycles. The summed E-state index contributed by atoms with van der Waals surface area (Å²) in [6.07, 6.45) is 41.9. The molecule has 0 radical (unpaired) electrons. The lowest BCUT2D eigenvalue weighted by molar-refractivity contribution is -0.181. The van der Waals surface area contributed by atoms with Crippen LogP contribution in [0, 0.1) is 46.3 Å². The molecule has 0 aromatic carbocycles. The van der Waals surface area contributed by atoms with Gasteiger partial charge in [0.2, 0.25) is 0 Å². The summed E-state index contributed by atoms with van der Waals surface area (Å²) in [6, 6.07) is 0. The van der Waals surface area contributed by atoms with Crippen molar-refractivity contribution in [2.75, 3.05) is 0 Å². The number of fused-ring (bicyclic) bond motifs is 5. The normalized spacial score (nSPS) is 33.3. The summed E-state index contributed by atoms with van der Waals surface area (Å²) in [7, 11) is 0. The Kier molecular flexibility index (Phi) is 18.7. The number of hydrogen-bond donors (Lipinski definition) is 2. The van der Waals surface area contributed by atoms with Crippen molar-refractivity contribution < 1.29 is 24.5 Å². The molecule has 4 saturated carbocycles. The summed E-state index contributed by atoms with van der Waals surface area (Å²) in [5, 5.41) is 21.1. The number of allylic oxidation sites excluding steroid dienone is 6. The van der Waals surface area contributed by atoms with Crippen LogP contribution in [0.15, 0.2) is 36.5 Å². The van der Waals surface area contributed by atoms with Gasteiger partial charge in [-0.05, 0) is 149 Å². The van der Waals surface area contributed by atoms with Crippen molar-refractivity contribution in [3.63, 3.8) is 0 Å². The highest BCUT2D eigenvalue weighted by Crippen LogP contribution is 2.68. The number of rotatable bonds is 24. The minimum absolute atomic E-state index is 0.00169. The Morgan fingerprint density at radius 2 is 1.36 bits per heavy atom. The topological polar surface area (TPSA) is 83.8 Å². The molecule has 10 atom stereocenters. The molecule has 0 bridgehead atoms. The van der Waals surface area contributed by atoms with E-state index in [9.17, 15) is 19.8 Å². The summed E-state index contributed by atoms with van der Waals surface area (Å²) in [6.45, 7) is 9.33. The van der Waals surface area contributed by atoms with Crippen molar-refractivity contribution in [3.8, 4) is 0 Å². The number of carboxylic acid groups (broad SMARTS) is 1. The van der Waals surface area contributed by atoms with E-state index < -0.39 is 5.97 Å². The van der Waals surface area contributed by atoms with Crippen LogP contribution in [-0.4, -0.2) is 34.4 Å². The number of carboxylic acids is 1. The molecule has 0 spiro atoms. The van der Waals surface area contributed by atoms with Gasteiger partial charge in [0, 0.05) is 12.8 Å². The maximum absolute atomic E-state index is 12.8. The second kappa shape index (κ2) is 22.6. The van der Waals surface area contributed by atoms with E-state index in [1.54, 1.807) is 0 Å². The molecule has 4 rings (SSSR count). The van der Waals surface area contributed by atoms with Crippen LogP contribution in [0.5, 0.6) is 0 Å². The van der Waals surface area contributed by atoms with Gasteiger partial charge in [-0.3, -0.25) is 9.59 Å². The summed E-state index contributed by atoms with van der Waals surface area (Å²) in [5.74, 6) is 2.29. The van der Waals surface area contributed by atoms with E-state index >= 15 is 0 Å². The number of carbonyl (C=O) groups is 2. The zero-order valence-electron chi connectivity index (χ0n) is 34.6. The van der Waals surface area contributed by atoms with Crippen LogP contribution in [0.2, 0.25) is 0 Å². The molecule has 302 valence electrons. The van der Waals surface area contributed by atoms with Gasteiger partial charge in [0.15, 0.2) is 0 Å².